The Bertz CT molecular complexity index is 1310. The number of carboxylic acid groups (broad SMARTS) is 1. The van der Waals surface area contributed by atoms with Crippen LogP contribution in [0, 0.1) is 5.92 Å². The van der Waals surface area contributed by atoms with Crippen molar-refractivity contribution in [2.24, 2.45) is 5.92 Å². The highest BCUT2D eigenvalue weighted by Crippen LogP contribution is 2.44. The lowest BCUT2D eigenvalue weighted by molar-refractivity contribution is -0.147. The molecule has 9 heteroatoms. The number of amides is 2. The Morgan fingerprint density at radius 3 is 2.05 bits per heavy atom. The van der Waals surface area contributed by atoms with Crippen LogP contribution in [-0.2, 0) is 30.5 Å². The summed E-state index contributed by atoms with van der Waals surface area (Å²) >= 11 is 0. The maximum Gasteiger partial charge on any atom is 0.407 e. The van der Waals surface area contributed by atoms with Crippen LogP contribution >= 0.6 is 0 Å². The molecule has 9 nitrogen and oxygen atoms in total. The fourth-order valence-corrected chi connectivity index (χ4v) is 4.72. The zero-order valence-corrected chi connectivity index (χ0v) is 22.2. The van der Waals surface area contributed by atoms with Gasteiger partial charge in [-0.05, 0) is 33.7 Å². The van der Waals surface area contributed by atoms with Gasteiger partial charge in [-0.3, -0.25) is 14.4 Å². The van der Waals surface area contributed by atoms with Gasteiger partial charge in [0.25, 0.3) is 0 Å². The number of fused-ring (bicyclic) bond motifs is 3. The molecule has 0 saturated heterocycles. The van der Waals surface area contributed by atoms with Gasteiger partial charge in [0.15, 0.2) is 0 Å². The van der Waals surface area contributed by atoms with Crippen LogP contribution in [0.5, 0.6) is 0 Å². The topological polar surface area (TPSA) is 131 Å². The normalized spacial score (nSPS) is 13.3. The van der Waals surface area contributed by atoms with Crippen molar-refractivity contribution in [2.75, 3.05) is 13.2 Å². The molecule has 0 aromatic heterocycles. The number of carbonyl (C=O) groups is 4. The fraction of sp³-hybridized carbons (Fsp3) is 0.290. The molecule has 3 aromatic carbocycles. The summed E-state index contributed by atoms with van der Waals surface area (Å²) in [7, 11) is 0. The molecule has 1 aliphatic rings. The molecule has 0 spiro atoms. The second-order valence-electron chi connectivity index (χ2n) is 9.82. The third-order valence-electron chi connectivity index (χ3n) is 6.71. The summed E-state index contributed by atoms with van der Waals surface area (Å²) in [5.74, 6) is -2.82. The minimum Gasteiger partial charge on any atom is -0.481 e. The molecule has 0 saturated carbocycles. The third kappa shape index (κ3) is 7.47. The number of benzene rings is 3. The standard InChI is InChI=1S/C31H32N2O7/c1-20(15-28(34)35)17-32-30(37)27(16-29(36)39-18-21-9-3-2-4-10-21)33-31(38)40-19-26-24-13-7-5-11-22(24)23-12-6-8-14-25(23)26/h2-14,20,26-27H,15-19H2,1H3,(H,32,37)(H,33,38)(H,34,35)/t20?,27-/m0/s1. The number of esters is 1. The number of hydrogen-bond acceptors (Lipinski definition) is 6. The van der Waals surface area contributed by atoms with E-state index >= 15 is 0 Å². The van der Waals surface area contributed by atoms with Gasteiger partial charge < -0.3 is 25.2 Å². The highest BCUT2D eigenvalue weighted by atomic mass is 16.5. The summed E-state index contributed by atoms with van der Waals surface area (Å²) in [5, 5.41) is 14.1. The molecule has 1 aliphatic carbocycles. The number of nitrogens with one attached hydrogen (secondary N) is 2. The summed E-state index contributed by atoms with van der Waals surface area (Å²) < 4.78 is 10.8. The van der Waals surface area contributed by atoms with Crippen LogP contribution in [0.25, 0.3) is 11.1 Å². The first-order valence-electron chi connectivity index (χ1n) is 13.1. The second kappa shape index (κ2) is 13.4. The summed E-state index contributed by atoms with van der Waals surface area (Å²) in [6.07, 6.45) is -1.41. The van der Waals surface area contributed by atoms with Crippen molar-refractivity contribution < 1.29 is 33.8 Å². The van der Waals surface area contributed by atoms with Crippen LogP contribution in [0.4, 0.5) is 4.79 Å². The molecular weight excluding hydrogens is 512 g/mol. The monoisotopic (exact) mass is 544 g/mol. The zero-order chi connectivity index (χ0) is 28.5. The van der Waals surface area contributed by atoms with E-state index in [9.17, 15) is 19.2 Å². The van der Waals surface area contributed by atoms with E-state index in [0.29, 0.717) is 0 Å². The van der Waals surface area contributed by atoms with Gasteiger partial charge in [-0.15, -0.1) is 0 Å². The third-order valence-corrected chi connectivity index (χ3v) is 6.71. The van der Waals surface area contributed by atoms with Gasteiger partial charge in [-0.1, -0.05) is 85.8 Å². The quantitative estimate of drug-likeness (QED) is 0.291. The predicted molar refractivity (Wildman–Crippen MR) is 147 cm³/mol. The van der Waals surface area contributed by atoms with E-state index in [4.69, 9.17) is 14.6 Å². The van der Waals surface area contributed by atoms with Gasteiger partial charge in [0, 0.05) is 18.9 Å². The molecular formula is C31H32N2O7. The van der Waals surface area contributed by atoms with Crippen molar-refractivity contribution in [3.8, 4) is 11.1 Å². The van der Waals surface area contributed by atoms with Crippen molar-refractivity contribution in [2.45, 2.75) is 38.3 Å². The van der Waals surface area contributed by atoms with E-state index in [1.54, 1.807) is 19.1 Å². The molecule has 1 unspecified atom stereocenters. The minimum absolute atomic E-state index is 0.0224. The largest absolute Gasteiger partial charge is 0.481 e. The van der Waals surface area contributed by atoms with Gasteiger partial charge >= 0.3 is 18.0 Å². The van der Waals surface area contributed by atoms with Gasteiger partial charge in [0.1, 0.15) is 19.3 Å². The highest BCUT2D eigenvalue weighted by molar-refractivity contribution is 5.89. The smallest absolute Gasteiger partial charge is 0.407 e. The van der Waals surface area contributed by atoms with E-state index in [0.717, 1.165) is 27.8 Å². The van der Waals surface area contributed by atoms with Gasteiger partial charge in [-0.25, -0.2) is 4.79 Å². The van der Waals surface area contributed by atoms with Gasteiger partial charge in [0.05, 0.1) is 6.42 Å². The Balaban J connectivity index is 1.38. The van der Waals surface area contributed by atoms with Crippen LogP contribution in [-0.4, -0.2) is 48.2 Å². The Morgan fingerprint density at radius 2 is 1.43 bits per heavy atom. The SMILES string of the molecule is CC(CNC(=O)[C@H](CC(=O)OCc1ccccc1)NC(=O)OCC1c2ccccc2-c2ccccc21)CC(=O)O. The lowest BCUT2D eigenvalue weighted by atomic mass is 9.98. The summed E-state index contributed by atoms with van der Waals surface area (Å²) in [6.45, 7) is 1.81. The minimum atomic E-state index is -1.27. The number of carbonyl (C=O) groups excluding carboxylic acids is 3. The van der Waals surface area contributed by atoms with Crippen LogP contribution in [0.3, 0.4) is 0 Å². The number of alkyl carbamates (subject to hydrolysis) is 1. The van der Waals surface area contributed by atoms with E-state index in [-0.39, 0.29) is 38.0 Å². The van der Waals surface area contributed by atoms with Crippen molar-refractivity contribution in [1.82, 2.24) is 10.6 Å². The van der Waals surface area contributed by atoms with Crippen LogP contribution in [0.1, 0.15) is 42.4 Å². The molecule has 0 radical (unpaired) electrons. The summed E-state index contributed by atoms with van der Waals surface area (Å²) in [5.41, 5.74) is 5.04. The zero-order valence-electron chi connectivity index (χ0n) is 22.2. The molecule has 0 bridgehead atoms. The number of hydrogen-bond donors (Lipinski definition) is 3. The average molecular weight is 545 g/mol. The first-order chi connectivity index (χ1) is 19.3. The predicted octanol–water partition coefficient (Wildman–Crippen LogP) is 4.25. The maximum absolute atomic E-state index is 12.9. The molecule has 0 heterocycles. The summed E-state index contributed by atoms with van der Waals surface area (Å²) in [4.78, 5) is 49.3. The molecule has 2 atom stereocenters. The molecule has 208 valence electrons. The van der Waals surface area contributed by atoms with E-state index in [1.165, 1.54) is 0 Å². The Morgan fingerprint density at radius 1 is 0.825 bits per heavy atom. The molecule has 4 rings (SSSR count). The number of carboxylic acids is 1. The Labute approximate surface area is 232 Å². The van der Waals surface area contributed by atoms with Crippen molar-refractivity contribution in [3.63, 3.8) is 0 Å². The number of rotatable bonds is 12. The first kappa shape index (κ1) is 28.4. The average Bonchev–Trinajstić information content (AvgIpc) is 3.27. The van der Waals surface area contributed by atoms with Gasteiger partial charge in [-0.2, -0.15) is 0 Å². The lowest BCUT2D eigenvalue weighted by Crippen LogP contribution is -2.49. The van der Waals surface area contributed by atoms with E-state index < -0.39 is 36.4 Å². The maximum atomic E-state index is 12.9. The van der Waals surface area contributed by atoms with Crippen LogP contribution in [0.2, 0.25) is 0 Å². The highest BCUT2D eigenvalue weighted by Gasteiger charge is 2.30. The molecule has 0 aliphatic heterocycles. The van der Waals surface area contributed by atoms with Crippen molar-refractivity contribution in [1.29, 1.82) is 0 Å². The van der Waals surface area contributed by atoms with Crippen LogP contribution in [0.15, 0.2) is 78.9 Å². The first-order valence-corrected chi connectivity index (χ1v) is 13.1. The van der Waals surface area contributed by atoms with Gasteiger partial charge in [0.2, 0.25) is 5.91 Å². The van der Waals surface area contributed by atoms with E-state index in [2.05, 4.69) is 10.6 Å². The molecule has 40 heavy (non-hydrogen) atoms. The molecule has 0 fully saturated rings. The second-order valence-corrected chi connectivity index (χ2v) is 9.82. The van der Waals surface area contributed by atoms with Crippen molar-refractivity contribution >= 4 is 23.9 Å². The summed E-state index contributed by atoms with van der Waals surface area (Å²) in [6, 6.07) is 23.7. The Kier molecular flexibility index (Phi) is 9.51. The van der Waals surface area contributed by atoms with Crippen molar-refractivity contribution in [3.05, 3.63) is 95.6 Å². The Hall–Kier alpha value is -4.66. The molecule has 3 N–H and O–H groups in total. The van der Waals surface area contributed by atoms with Crippen LogP contribution < -0.4 is 10.6 Å². The van der Waals surface area contributed by atoms with E-state index in [1.807, 2.05) is 66.7 Å². The lowest BCUT2D eigenvalue weighted by Gasteiger charge is -2.20. The number of aliphatic carboxylic acids is 1. The number of ether oxygens (including phenoxy) is 2. The molecule has 2 amide bonds. The molecule has 3 aromatic rings. The fourth-order valence-electron chi connectivity index (χ4n) is 4.72.